The van der Waals surface area contributed by atoms with Crippen molar-refractivity contribution < 1.29 is 19.8 Å². The van der Waals surface area contributed by atoms with Crippen LogP contribution in [-0.2, 0) is 10.3 Å². The number of aliphatic hydroxyl groups excluding tert-OH is 1. The van der Waals surface area contributed by atoms with Gasteiger partial charge < -0.3 is 25.3 Å². The Morgan fingerprint density at radius 1 is 1.08 bits per heavy atom. The maximum Gasteiger partial charge on any atom is 0.320 e. The van der Waals surface area contributed by atoms with E-state index in [-0.39, 0.29) is 36.2 Å². The number of carbonyl (C=O) groups excluding carboxylic acids is 2. The van der Waals surface area contributed by atoms with Gasteiger partial charge in [0.2, 0.25) is 5.91 Å². The maximum absolute atomic E-state index is 13.8. The average molecular weight is 501 g/mol. The molecule has 2 aliphatic carbocycles. The Morgan fingerprint density at radius 2 is 1.72 bits per heavy atom. The van der Waals surface area contributed by atoms with Gasteiger partial charge in [0.05, 0.1) is 29.7 Å². The Balaban J connectivity index is 1.58. The topological polar surface area (TPSA) is 96.3 Å². The molecule has 200 valence electrons. The lowest BCUT2D eigenvalue weighted by molar-refractivity contribution is -0.130. The van der Waals surface area contributed by atoms with Gasteiger partial charge in [0.25, 0.3) is 0 Å². The van der Waals surface area contributed by atoms with Crippen LogP contribution in [0.1, 0.15) is 64.4 Å². The zero-order valence-electron chi connectivity index (χ0n) is 22.4. The summed E-state index contributed by atoms with van der Waals surface area (Å²) in [7, 11) is 4.28. The van der Waals surface area contributed by atoms with Crippen molar-refractivity contribution in [3.05, 3.63) is 35.9 Å². The summed E-state index contributed by atoms with van der Waals surface area (Å²) in [5.41, 5.74) is -0.735. The molecule has 3 amide bonds. The summed E-state index contributed by atoms with van der Waals surface area (Å²) < 4.78 is 0. The highest BCUT2D eigenvalue weighted by Gasteiger charge is 2.57. The van der Waals surface area contributed by atoms with E-state index in [1.165, 1.54) is 5.56 Å². The zero-order valence-corrected chi connectivity index (χ0v) is 22.4. The number of hydrogen-bond donors (Lipinski definition) is 3. The fourth-order valence-electron chi connectivity index (χ4n) is 6.54. The van der Waals surface area contributed by atoms with Crippen LogP contribution in [0.5, 0.6) is 0 Å². The second kappa shape index (κ2) is 9.95. The smallest absolute Gasteiger partial charge is 0.320 e. The number of amides is 3. The number of aliphatic hydroxyl groups is 2. The number of nitrogens with one attached hydrogen (secondary N) is 1. The molecule has 36 heavy (non-hydrogen) atoms. The minimum atomic E-state index is -0.803. The largest absolute Gasteiger partial charge is 0.395 e. The number of hydrogen-bond acceptors (Lipinski definition) is 5. The van der Waals surface area contributed by atoms with Crippen molar-refractivity contribution in [2.75, 3.05) is 46.9 Å². The summed E-state index contributed by atoms with van der Waals surface area (Å²) >= 11 is 0. The lowest BCUT2D eigenvalue weighted by atomic mass is 9.67. The molecule has 8 nitrogen and oxygen atoms in total. The van der Waals surface area contributed by atoms with Crippen molar-refractivity contribution in [2.45, 2.75) is 75.5 Å². The first kappa shape index (κ1) is 26.9. The van der Waals surface area contributed by atoms with Crippen LogP contribution in [0.15, 0.2) is 30.3 Å². The minimum absolute atomic E-state index is 0.0737. The van der Waals surface area contributed by atoms with Crippen molar-refractivity contribution in [1.82, 2.24) is 20.0 Å². The van der Waals surface area contributed by atoms with E-state index in [0.29, 0.717) is 19.6 Å². The molecule has 0 radical (unpaired) electrons. The van der Waals surface area contributed by atoms with Crippen molar-refractivity contribution in [1.29, 1.82) is 0 Å². The third-order valence-electron chi connectivity index (χ3n) is 9.07. The number of carbonyl (C=O) groups is 2. The van der Waals surface area contributed by atoms with E-state index < -0.39 is 11.0 Å². The van der Waals surface area contributed by atoms with Crippen LogP contribution in [0.3, 0.4) is 0 Å². The van der Waals surface area contributed by atoms with Gasteiger partial charge in [-0.25, -0.2) is 4.79 Å². The Morgan fingerprint density at radius 3 is 2.25 bits per heavy atom. The molecule has 0 unspecified atom stereocenters. The molecule has 0 bridgehead atoms. The van der Waals surface area contributed by atoms with Crippen LogP contribution >= 0.6 is 0 Å². The molecule has 1 saturated heterocycles. The first-order valence-electron chi connectivity index (χ1n) is 13.4. The standard InChI is InChI=1S/C28H44N4O4/c1-25(2,23(34)29-17-18-33)19-31-20-26(32(24(31)35)21-27(36)11-8-12-27)13-15-28(16-14-26,30(3)4)22-9-6-5-7-10-22/h5-7,9-10,33,36H,8,11-21H2,1-4H3,(H,29,34)/t26-,28-. The summed E-state index contributed by atoms with van der Waals surface area (Å²) in [6, 6.07) is 10.6. The number of β-amino-alcohol motifs (C(OH)–C–C–N with tert-alkyl or cyclic N) is 1. The quantitative estimate of drug-likeness (QED) is 0.484. The van der Waals surface area contributed by atoms with E-state index in [1.54, 1.807) is 0 Å². The number of benzene rings is 1. The second-order valence-electron chi connectivity index (χ2n) is 12.2. The molecule has 0 aromatic heterocycles. The number of rotatable bonds is 9. The van der Waals surface area contributed by atoms with E-state index >= 15 is 0 Å². The molecule has 1 aliphatic heterocycles. The van der Waals surface area contributed by atoms with Crippen molar-refractivity contribution in [2.24, 2.45) is 5.41 Å². The predicted octanol–water partition coefficient (Wildman–Crippen LogP) is 2.54. The molecule has 1 aromatic carbocycles. The van der Waals surface area contributed by atoms with Gasteiger partial charge in [0, 0.05) is 25.2 Å². The van der Waals surface area contributed by atoms with E-state index in [2.05, 4.69) is 48.6 Å². The first-order chi connectivity index (χ1) is 17.0. The fourth-order valence-corrected chi connectivity index (χ4v) is 6.54. The third kappa shape index (κ3) is 4.87. The van der Waals surface area contributed by atoms with Crippen molar-refractivity contribution in [3.8, 4) is 0 Å². The van der Waals surface area contributed by atoms with E-state index in [0.717, 1.165) is 44.9 Å². The van der Waals surface area contributed by atoms with Gasteiger partial charge in [-0.05, 0) is 78.5 Å². The zero-order chi connectivity index (χ0) is 26.2. The molecule has 4 rings (SSSR count). The molecular weight excluding hydrogens is 456 g/mol. The van der Waals surface area contributed by atoms with Crippen molar-refractivity contribution in [3.63, 3.8) is 0 Å². The van der Waals surface area contributed by atoms with Gasteiger partial charge in [-0.1, -0.05) is 30.3 Å². The monoisotopic (exact) mass is 500 g/mol. The van der Waals surface area contributed by atoms with Gasteiger partial charge >= 0.3 is 6.03 Å². The van der Waals surface area contributed by atoms with Gasteiger partial charge in [0.1, 0.15) is 0 Å². The van der Waals surface area contributed by atoms with Crippen LogP contribution in [-0.4, -0.2) is 94.9 Å². The summed E-state index contributed by atoms with van der Waals surface area (Å²) in [5.74, 6) is -0.172. The summed E-state index contributed by atoms with van der Waals surface area (Å²) in [5, 5.41) is 22.9. The molecular formula is C28H44N4O4. The molecule has 0 atom stereocenters. The molecule has 3 aliphatic rings. The third-order valence-corrected chi connectivity index (χ3v) is 9.07. The highest BCUT2D eigenvalue weighted by Crippen LogP contribution is 2.50. The molecule has 1 aromatic rings. The average Bonchev–Trinajstić information content (AvgIpc) is 3.07. The molecule has 1 heterocycles. The molecule has 3 N–H and O–H groups in total. The summed E-state index contributed by atoms with van der Waals surface area (Å²) in [6.45, 7) is 5.00. The molecule has 8 heteroatoms. The highest BCUT2D eigenvalue weighted by atomic mass is 16.3. The lowest BCUT2D eigenvalue weighted by Gasteiger charge is -2.52. The molecule has 1 spiro atoms. The van der Waals surface area contributed by atoms with Gasteiger partial charge in [-0.15, -0.1) is 0 Å². The van der Waals surface area contributed by atoms with Crippen LogP contribution in [0.2, 0.25) is 0 Å². The van der Waals surface area contributed by atoms with Gasteiger partial charge in [0.15, 0.2) is 0 Å². The fraction of sp³-hybridized carbons (Fsp3) is 0.714. The van der Waals surface area contributed by atoms with E-state index in [1.807, 2.05) is 29.7 Å². The highest BCUT2D eigenvalue weighted by molar-refractivity contribution is 5.84. The van der Waals surface area contributed by atoms with E-state index in [9.17, 15) is 14.7 Å². The van der Waals surface area contributed by atoms with Gasteiger partial charge in [-0.3, -0.25) is 9.69 Å². The number of urea groups is 1. The van der Waals surface area contributed by atoms with Crippen LogP contribution in [0.4, 0.5) is 4.79 Å². The minimum Gasteiger partial charge on any atom is -0.395 e. The van der Waals surface area contributed by atoms with Crippen LogP contribution < -0.4 is 5.32 Å². The lowest BCUT2D eigenvalue weighted by Crippen LogP contribution is -2.59. The van der Waals surface area contributed by atoms with Gasteiger partial charge in [-0.2, -0.15) is 0 Å². The summed E-state index contributed by atoms with van der Waals surface area (Å²) in [6.07, 6.45) is 5.97. The van der Waals surface area contributed by atoms with Crippen LogP contribution in [0, 0.1) is 5.41 Å². The Labute approximate surface area is 215 Å². The SMILES string of the molecule is CN(C)[C@]1(c2ccccc2)CC[C@@]2(CC1)CN(CC(C)(C)C(=O)NCCO)C(=O)N2CC1(O)CCC1. The maximum atomic E-state index is 13.8. The Kier molecular flexibility index (Phi) is 7.43. The van der Waals surface area contributed by atoms with E-state index in [4.69, 9.17) is 5.11 Å². The van der Waals surface area contributed by atoms with Crippen LogP contribution in [0.25, 0.3) is 0 Å². The second-order valence-corrected chi connectivity index (χ2v) is 12.2. The molecule has 3 fully saturated rings. The van der Waals surface area contributed by atoms with Crippen molar-refractivity contribution >= 4 is 11.9 Å². The Bertz CT molecular complexity index is 936. The molecule has 2 saturated carbocycles. The first-order valence-corrected chi connectivity index (χ1v) is 13.4. The normalized spacial score (nSPS) is 28.0. The Hall–Kier alpha value is -2.16. The number of nitrogens with zero attached hydrogens (tertiary/aromatic N) is 3. The summed E-state index contributed by atoms with van der Waals surface area (Å²) in [4.78, 5) is 32.7. The predicted molar refractivity (Wildman–Crippen MR) is 139 cm³/mol.